The summed E-state index contributed by atoms with van der Waals surface area (Å²) in [6.07, 6.45) is 2.50. The van der Waals surface area contributed by atoms with Crippen molar-refractivity contribution in [3.63, 3.8) is 0 Å². The number of anilines is 3. The Labute approximate surface area is 204 Å². The summed E-state index contributed by atoms with van der Waals surface area (Å²) < 4.78 is 8.05. The molecule has 0 saturated carbocycles. The molecule has 2 aromatic heterocycles. The molecule has 1 saturated heterocycles. The number of aryl methyl sites for hydroxylation is 1. The summed E-state index contributed by atoms with van der Waals surface area (Å²) in [5.74, 6) is 1.72. The maximum absolute atomic E-state index is 12.5. The van der Waals surface area contributed by atoms with E-state index in [1.807, 2.05) is 56.0 Å². The largest absolute Gasteiger partial charge is 0.457 e. The molecule has 1 aliphatic rings. The van der Waals surface area contributed by atoms with Crippen molar-refractivity contribution >= 4 is 34.3 Å². The zero-order chi connectivity index (χ0) is 24.4. The van der Waals surface area contributed by atoms with Gasteiger partial charge < -0.3 is 30.2 Å². The topological polar surface area (TPSA) is 96.3 Å². The predicted octanol–water partition coefficient (Wildman–Crippen LogP) is 3.66. The zero-order valence-corrected chi connectivity index (χ0v) is 20.1. The summed E-state index contributed by atoms with van der Waals surface area (Å²) in [6, 6.07) is 17.5. The number of carbonyl (C=O) groups excluding carboxylic acids is 1. The van der Waals surface area contributed by atoms with Gasteiger partial charge in [-0.1, -0.05) is 0 Å². The van der Waals surface area contributed by atoms with E-state index in [9.17, 15) is 4.79 Å². The average molecular weight is 472 g/mol. The number of carbonyl (C=O) groups is 1. The third-order valence-corrected chi connectivity index (χ3v) is 6.09. The highest BCUT2D eigenvalue weighted by atomic mass is 16.5. The fraction of sp³-hybridized carbons (Fsp3) is 0.269. The average Bonchev–Trinajstić information content (AvgIpc) is 3.47. The second-order valence-electron chi connectivity index (χ2n) is 8.85. The first-order valence-corrected chi connectivity index (χ1v) is 11.6. The second-order valence-corrected chi connectivity index (χ2v) is 8.85. The first kappa shape index (κ1) is 22.7. The number of fused-ring (bicyclic) bond motifs is 1. The number of aromatic nitrogens is 3. The Hall–Kier alpha value is -4.11. The molecule has 1 atom stereocenters. The zero-order valence-electron chi connectivity index (χ0n) is 20.1. The van der Waals surface area contributed by atoms with Crippen LogP contribution in [0.2, 0.25) is 0 Å². The van der Waals surface area contributed by atoms with Crippen molar-refractivity contribution in [2.45, 2.75) is 12.5 Å². The molecule has 0 radical (unpaired) electrons. The van der Waals surface area contributed by atoms with Crippen LogP contribution in [0.3, 0.4) is 0 Å². The summed E-state index contributed by atoms with van der Waals surface area (Å²) in [5, 5.41) is 9.63. The lowest BCUT2D eigenvalue weighted by Gasteiger charge is -2.13. The molecule has 3 N–H and O–H groups in total. The van der Waals surface area contributed by atoms with Crippen molar-refractivity contribution in [3.05, 3.63) is 66.5 Å². The van der Waals surface area contributed by atoms with E-state index < -0.39 is 0 Å². The van der Waals surface area contributed by atoms with Crippen molar-refractivity contribution in [1.82, 2.24) is 25.2 Å². The molecule has 1 amide bonds. The van der Waals surface area contributed by atoms with Crippen molar-refractivity contribution in [3.8, 4) is 11.5 Å². The molecular formula is C26H29N7O2. The highest BCUT2D eigenvalue weighted by Gasteiger charge is 2.18. The molecule has 0 spiro atoms. The van der Waals surface area contributed by atoms with E-state index in [0.717, 1.165) is 47.9 Å². The maximum Gasteiger partial charge on any atom is 0.270 e. The summed E-state index contributed by atoms with van der Waals surface area (Å²) in [7, 11) is 6.01. The molecule has 0 aliphatic carbocycles. The van der Waals surface area contributed by atoms with E-state index in [4.69, 9.17) is 9.72 Å². The Balaban J connectivity index is 1.31. The summed E-state index contributed by atoms with van der Waals surface area (Å²) in [5.41, 5.74) is 4.21. The number of benzene rings is 2. The van der Waals surface area contributed by atoms with Crippen LogP contribution < -0.4 is 25.6 Å². The van der Waals surface area contributed by atoms with E-state index in [0.29, 0.717) is 17.2 Å². The minimum absolute atomic E-state index is 0.133. The van der Waals surface area contributed by atoms with E-state index in [2.05, 4.69) is 38.0 Å². The number of pyridine rings is 1. The van der Waals surface area contributed by atoms with Gasteiger partial charge in [-0.05, 0) is 55.4 Å². The molecule has 2 aromatic carbocycles. The van der Waals surface area contributed by atoms with Gasteiger partial charge in [-0.25, -0.2) is 4.98 Å². The Morgan fingerprint density at radius 2 is 1.91 bits per heavy atom. The smallest absolute Gasteiger partial charge is 0.270 e. The van der Waals surface area contributed by atoms with Gasteiger partial charge in [0, 0.05) is 63.4 Å². The highest BCUT2D eigenvalue weighted by Crippen LogP contribution is 2.28. The van der Waals surface area contributed by atoms with Crippen LogP contribution in [0, 0.1) is 0 Å². The van der Waals surface area contributed by atoms with Crippen LogP contribution in [0.4, 0.5) is 17.3 Å². The standard InChI is InChI=1S/C26H29N7O2/c1-32(2)19-6-4-17(5-7-19)30-26-31-22-14-20(8-9-24(22)33(26)3)35-21-11-13-28-23(15-21)25(34)29-18-10-12-27-16-18/h4-9,11,13-15,18,27H,10,12,16H2,1-3H3,(H,29,34)(H,30,31)/t18-/m1/s1. The number of nitrogens with zero attached hydrogens (tertiary/aromatic N) is 4. The van der Waals surface area contributed by atoms with Gasteiger partial charge in [0.1, 0.15) is 17.2 Å². The second kappa shape index (κ2) is 9.63. The summed E-state index contributed by atoms with van der Waals surface area (Å²) in [4.78, 5) is 23.6. The molecular weight excluding hydrogens is 442 g/mol. The Bertz CT molecular complexity index is 1340. The number of imidazole rings is 1. The van der Waals surface area contributed by atoms with Crippen LogP contribution in [0.5, 0.6) is 11.5 Å². The van der Waals surface area contributed by atoms with Gasteiger partial charge in [-0.2, -0.15) is 0 Å². The minimum Gasteiger partial charge on any atom is -0.457 e. The molecule has 0 bridgehead atoms. The summed E-state index contributed by atoms with van der Waals surface area (Å²) >= 11 is 0. The Morgan fingerprint density at radius 3 is 2.66 bits per heavy atom. The fourth-order valence-corrected chi connectivity index (χ4v) is 4.10. The van der Waals surface area contributed by atoms with E-state index in [-0.39, 0.29) is 11.9 Å². The normalized spacial score (nSPS) is 15.2. The van der Waals surface area contributed by atoms with Crippen molar-refractivity contribution in [1.29, 1.82) is 0 Å². The van der Waals surface area contributed by atoms with Crippen LogP contribution in [0.25, 0.3) is 11.0 Å². The lowest BCUT2D eigenvalue weighted by molar-refractivity contribution is 0.0934. The van der Waals surface area contributed by atoms with Gasteiger partial charge >= 0.3 is 0 Å². The minimum atomic E-state index is -0.196. The van der Waals surface area contributed by atoms with Gasteiger partial charge in [0.15, 0.2) is 0 Å². The van der Waals surface area contributed by atoms with Gasteiger partial charge in [0.2, 0.25) is 5.95 Å². The molecule has 5 rings (SSSR count). The number of ether oxygens (including phenoxy) is 1. The Kier molecular flexibility index (Phi) is 6.24. The predicted molar refractivity (Wildman–Crippen MR) is 138 cm³/mol. The number of nitrogens with one attached hydrogen (secondary N) is 3. The molecule has 9 heteroatoms. The van der Waals surface area contributed by atoms with Gasteiger partial charge in [-0.15, -0.1) is 0 Å². The number of hydrogen-bond donors (Lipinski definition) is 3. The van der Waals surface area contributed by atoms with Crippen molar-refractivity contribution < 1.29 is 9.53 Å². The van der Waals surface area contributed by atoms with Crippen LogP contribution >= 0.6 is 0 Å². The maximum atomic E-state index is 12.5. The lowest BCUT2D eigenvalue weighted by Crippen LogP contribution is -2.36. The molecule has 1 aliphatic heterocycles. The first-order chi connectivity index (χ1) is 17.0. The van der Waals surface area contributed by atoms with Crippen LogP contribution in [-0.4, -0.2) is 53.7 Å². The van der Waals surface area contributed by atoms with Gasteiger partial charge in [0.25, 0.3) is 5.91 Å². The Morgan fingerprint density at radius 1 is 1.11 bits per heavy atom. The molecule has 180 valence electrons. The molecule has 3 heterocycles. The van der Waals surface area contributed by atoms with Gasteiger partial charge in [0.05, 0.1) is 11.0 Å². The van der Waals surface area contributed by atoms with Crippen molar-refractivity contribution in [2.24, 2.45) is 7.05 Å². The third kappa shape index (κ3) is 5.04. The first-order valence-electron chi connectivity index (χ1n) is 11.6. The van der Waals surface area contributed by atoms with E-state index >= 15 is 0 Å². The third-order valence-electron chi connectivity index (χ3n) is 6.09. The monoisotopic (exact) mass is 471 g/mol. The lowest BCUT2D eigenvalue weighted by atomic mass is 10.2. The number of hydrogen-bond acceptors (Lipinski definition) is 7. The van der Waals surface area contributed by atoms with Crippen LogP contribution in [-0.2, 0) is 7.05 Å². The molecule has 9 nitrogen and oxygen atoms in total. The van der Waals surface area contributed by atoms with E-state index in [1.54, 1.807) is 18.3 Å². The quantitative estimate of drug-likeness (QED) is 0.379. The fourth-order valence-electron chi connectivity index (χ4n) is 4.10. The van der Waals surface area contributed by atoms with Gasteiger partial charge in [-0.3, -0.25) is 9.78 Å². The number of amides is 1. The highest BCUT2D eigenvalue weighted by molar-refractivity contribution is 5.92. The SMILES string of the molecule is CN(C)c1ccc(Nc2nc3cc(Oc4ccnc(C(=O)N[C@@H]5CCNC5)c4)ccc3n2C)cc1. The molecule has 4 aromatic rings. The van der Waals surface area contributed by atoms with Crippen LogP contribution in [0.1, 0.15) is 16.9 Å². The molecule has 35 heavy (non-hydrogen) atoms. The number of rotatable bonds is 7. The molecule has 1 fully saturated rings. The van der Waals surface area contributed by atoms with E-state index in [1.165, 1.54) is 0 Å². The summed E-state index contributed by atoms with van der Waals surface area (Å²) in [6.45, 7) is 1.70. The molecule has 0 unspecified atom stereocenters. The van der Waals surface area contributed by atoms with Crippen molar-refractivity contribution in [2.75, 3.05) is 37.4 Å². The van der Waals surface area contributed by atoms with Crippen LogP contribution in [0.15, 0.2) is 60.8 Å².